The van der Waals surface area contributed by atoms with Crippen molar-refractivity contribution in [2.75, 3.05) is 57.7 Å². The summed E-state index contributed by atoms with van der Waals surface area (Å²) in [5, 5.41) is 3.14. The van der Waals surface area contributed by atoms with Crippen LogP contribution in [-0.2, 0) is 6.61 Å². The third-order valence-electron chi connectivity index (χ3n) is 6.50. The van der Waals surface area contributed by atoms with E-state index in [9.17, 15) is 8.78 Å². The van der Waals surface area contributed by atoms with E-state index in [1.165, 1.54) is 26.6 Å². The van der Waals surface area contributed by atoms with E-state index in [4.69, 9.17) is 18.9 Å². The minimum atomic E-state index is -0.857. The van der Waals surface area contributed by atoms with Gasteiger partial charge in [0.1, 0.15) is 12.4 Å². The van der Waals surface area contributed by atoms with Gasteiger partial charge in [0.2, 0.25) is 5.95 Å². The zero-order chi connectivity index (χ0) is 27.2. The van der Waals surface area contributed by atoms with Crippen LogP contribution >= 0.6 is 0 Å². The molecule has 1 aromatic heterocycles. The Labute approximate surface area is 221 Å². The molecule has 0 radical (unpaired) electrons. The number of hydrogen-bond donors (Lipinski definition) is 1. The van der Waals surface area contributed by atoms with Gasteiger partial charge in [0.25, 0.3) is 0 Å². The number of ether oxygens (including phenoxy) is 4. The topological polar surface area (TPSA) is 81.2 Å². The van der Waals surface area contributed by atoms with Gasteiger partial charge in [0, 0.05) is 50.0 Å². The summed E-state index contributed by atoms with van der Waals surface area (Å²) in [7, 11) is 4.23. The first-order chi connectivity index (χ1) is 18.3. The van der Waals surface area contributed by atoms with E-state index in [2.05, 4.69) is 38.9 Å². The van der Waals surface area contributed by atoms with E-state index < -0.39 is 18.2 Å². The summed E-state index contributed by atoms with van der Waals surface area (Å²) in [5.74, 6) is -0.671. The van der Waals surface area contributed by atoms with E-state index >= 15 is 0 Å². The molecule has 0 unspecified atom stereocenters. The number of nitrogens with one attached hydrogen (secondary N) is 1. The molecule has 4 rings (SSSR count). The van der Waals surface area contributed by atoms with Gasteiger partial charge in [-0.25, -0.2) is 18.7 Å². The zero-order valence-electron chi connectivity index (χ0n) is 22.3. The molecule has 1 saturated heterocycles. The van der Waals surface area contributed by atoms with Crippen molar-refractivity contribution < 1.29 is 27.7 Å². The maximum Gasteiger partial charge on any atom is 0.227 e. The summed E-state index contributed by atoms with van der Waals surface area (Å²) in [6.45, 7) is 7.92. The van der Waals surface area contributed by atoms with Crippen molar-refractivity contribution in [3.8, 4) is 23.0 Å². The van der Waals surface area contributed by atoms with E-state index in [0.29, 0.717) is 12.0 Å². The van der Waals surface area contributed by atoms with Crippen LogP contribution in [0.1, 0.15) is 19.4 Å². The van der Waals surface area contributed by atoms with Gasteiger partial charge in [-0.3, -0.25) is 4.90 Å². The smallest absolute Gasteiger partial charge is 0.227 e. The lowest BCUT2D eigenvalue weighted by Gasteiger charge is -2.38. The van der Waals surface area contributed by atoms with Crippen LogP contribution in [0.4, 0.5) is 26.1 Å². The molecule has 0 saturated carbocycles. The lowest BCUT2D eigenvalue weighted by atomic mass is 10.1. The van der Waals surface area contributed by atoms with E-state index in [1.807, 2.05) is 18.2 Å². The molecule has 0 amide bonds. The number of aromatic nitrogens is 2. The molecule has 1 fully saturated rings. The molecular formula is C27H33F2N5O4. The predicted octanol–water partition coefficient (Wildman–Crippen LogP) is 4.63. The minimum absolute atomic E-state index is 0.142. The molecular weight excluding hydrogens is 496 g/mol. The first-order valence-electron chi connectivity index (χ1n) is 12.3. The van der Waals surface area contributed by atoms with Crippen molar-refractivity contribution in [2.24, 2.45) is 0 Å². The molecule has 2 heterocycles. The standard InChI is InChI=1S/C27H33F2N5O4/c1-17(2)33-8-10-34(11-9-33)21-7-6-18(12-22(21)35-3)32-27-30-14-19(15-31-27)38-16-20-25(28)23(36-4)13-24(37-5)26(20)29/h6-7,12-15,17H,8-11,16H2,1-5H3,(H,30,31,32). The van der Waals surface area contributed by atoms with Gasteiger partial charge in [0.05, 0.1) is 45.0 Å². The summed E-state index contributed by atoms with van der Waals surface area (Å²) in [5.41, 5.74) is 1.48. The van der Waals surface area contributed by atoms with Crippen molar-refractivity contribution in [3.05, 3.63) is 53.9 Å². The minimum Gasteiger partial charge on any atom is -0.495 e. The molecule has 1 N–H and O–H groups in total. The van der Waals surface area contributed by atoms with E-state index in [-0.39, 0.29) is 22.8 Å². The number of benzene rings is 2. The second kappa shape index (κ2) is 12.1. The fourth-order valence-electron chi connectivity index (χ4n) is 4.30. The van der Waals surface area contributed by atoms with Gasteiger partial charge in [-0.15, -0.1) is 0 Å². The largest absolute Gasteiger partial charge is 0.495 e. The Morgan fingerprint density at radius 3 is 2.03 bits per heavy atom. The van der Waals surface area contributed by atoms with Gasteiger partial charge in [-0.1, -0.05) is 0 Å². The molecule has 2 aromatic carbocycles. The molecule has 0 spiro atoms. The summed E-state index contributed by atoms with van der Waals surface area (Å²) >= 11 is 0. The first kappa shape index (κ1) is 27.2. The summed E-state index contributed by atoms with van der Waals surface area (Å²) < 4.78 is 50.2. The van der Waals surface area contributed by atoms with Crippen LogP contribution in [0.25, 0.3) is 0 Å². The maximum absolute atomic E-state index is 14.6. The van der Waals surface area contributed by atoms with Crippen molar-refractivity contribution in [1.29, 1.82) is 0 Å². The van der Waals surface area contributed by atoms with Gasteiger partial charge in [0.15, 0.2) is 28.9 Å². The highest BCUT2D eigenvalue weighted by Crippen LogP contribution is 2.34. The summed E-state index contributed by atoms with van der Waals surface area (Å²) in [4.78, 5) is 13.3. The number of piperazine rings is 1. The fraction of sp³-hybridized carbons (Fsp3) is 0.407. The second-order valence-electron chi connectivity index (χ2n) is 9.05. The van der Waals surface area contributed by atoms with Crippen LogP contribution in [-0.4, -0.2) is 68.4 Å². The average molecular weight is 530 g/mol. The lowest BCUT2D eigenvalue weighted by molar-refractivity contribution is 0.209. The fourth-order valence-corrected chi connectivity index (χ4v) is 4.30. The van der Waals surface area contributed by atoms with Crippen molar-refractivity contribution >= 4 is 17.3 Å². The molecule has 0 aliphatic carbocycles. The number of hydrogen-bond acceptors (Lipinski definition) is 9. The van der Waals surface area contributed by atoms with Gasteiger partial charge in [-0.2, -0.15) is 0 Å². The Balaban J connectivity index is 1.40. The van der Waals surface area contributed by atoms with Gasteiger partial charge >= 0.3 is 0 Å². The third-order valence-corrected chi connectivity index (χ3v) is 6.50. The number of methoxy groups -OCH3 is 3. The second-order valence-corrected chi connectivity index (χ2v) is 9.05. The number of nitrogens with zero attached hydrogens (tertiary/aromatic N) is 4. The summed E-state index contributed by atoms with van der Waals surface area (Å²) in [6.07, 6.45) is 2.84. The molecule has 0 bridgehead atoms. The number of anilines is 3. The number of rotatable bonds is 10. The SMILES string of the molecule is COc1cc(Nc2ncc(OCc3c(F)c(OC)cc(OC)c3F)cn2)ccc1N1CCN(C(C)C)CC1. The van der Waals surface area contributed by atoms with Crippen LogP contribution < -0.4 is 29.2 Å². The monoisotopic (exact) mass is 529 g/mol. The Kier molecular flexibility index (Phi) is 8.67. The van der Waals surface area contributed by atoms with Crippen molar-refractivity contribution in [1.82, 2.24) is 14.9 Å². The molecule has 0 atom stereocenters. The molecule has 1 aliphatic rings. The molecule has 1 aliphatic heterocycles. The number of halogens is 2. The van der Waals surface area contributed by atoms with Crippen LogP contribution in [0.5, 0.6) is 23.0 Å². The van der Waals surface area contributed by atoms with Gasteiger partial charge < -0.3 is 29.2 Å². The normalized spacial score (nSPS) is 13.9. The molecule has 9 nitrogen and oxygen atoms in total. The first-order valence-corrected chi connectivity index (χ1v) is 12.3. The Morgan fingerprint density at radius 1 is 0.868 bits per heavy atom. The van der Waals surface area contributed by atoms with Crippen molar-refractivity contribution in [3.63, 3.8) is 0 Å². The van der Waals surface area contributed by atoms with Crippen LogP contribution in [0.2, 0.25) is 0 Å². The van der Waals surface area contributed by atoms with E-state index in [1.54, 1.807) is 7.11 Å². The highest BCUT2D eigenvalue weighted by atomic mass is 19.1. The zero-order valence-corrected chi connectivity index (χ0v) is 22.3. The Morgan fingerprint density at radius 2 is 1.47 bits per heavy atom. The van der Waals surface area contributed by atoms with Crippen LogP contribution in [0, 0.1) is 11.6 Å². The Hall–Kier alpha value is -3.86. The third kappa shape index (κ3) is 5.99. The van der Waals surface area contributed by atoms with Gasteiger partial charge in [-0.05, 0) is 26.0 Å². The van der Waals surface area contributed by atoms with Crippen molar-refractivity contribution in [2.45, 2.75) is 26.5 Å². The summed E-state index contributed by atoms with van der Waals surface area (Å²) in [6, 6.07) is 7.55. The quantitative estimate of drug-likeness (QED) is 0.404. The Bertz CT molecular complexity index is 1210. The maximum atomic E-state index is 14.6. The van der Waals surface area contributed by atoms with Crippen LogP contribution in [0.3, 0.4) is 0 Å². The molecule has 38 heavy (non-hydrogen) atoms. The lowest BCUT2D eigenvalue weighted by Crippen LogP contribution is -2.49. The predicted molar refractivity (Wildman–Crippen MR) is 141 cm³/mol. The average Bonchev–Trinajstić information content (AvgIpc) is 2.94. The highest BCUT2D eigenvalue weighted by Gasteiger charge is 2.22. The molecule has 11 heteroatoms. The van der Waals surface area contributed by atoms with E-state index in [0.717, 1.165) is 49.4 Å². The molecule has 204 valence electrons. The highest BCUT2D eigenvalue weighted by molar-refractivity contribution is 5.67. The van der Waals surface area contributed by atoms with Crippen LogP contribution in [0.15, 0.2) is 36.7 Å². The molecule has 3 aromatic rings.